The number of methoxy groups -OCH3 is 1. The van der Waals surface area contributed by atoms with Crippen molar-refractivity contribution in [1.29, 1.82) is 0 Å². The first-order valence-electron chi connectivity index (χ1n) is 4.77. The van der Waals surface area contributed by atoms with Gasteiger partial charge in [0.25, 0.3) is 0 Å². The van der Waals surface area contributed by atoms with E-state index in [1.807, 2.05) is 0 Å². The van der Waals surface area contributed by atoms with Crippen LogP contribution >= 0.6 is 0 Å². The molecule has 0 aromatic heterocycles. The van der Waals surface area contributed by atoms with E-state index >= 15 is 0 Å². The molecule has 0 unspecified atom stereocenters. The van der Waals surface area contributed by atoms with Gasteiger partial charge in [-0.05, 0) is 18.8 Å². The van der Waals surface area contributed by atoms with Crippen molar-refractivity contribution < 1.29 is 13.7 Å². The zero-order valence-corrected chi connectivity index (χ0v) is 9.51. The van der Waals surface area contributed by atoms with Crippen LogP contribution in [-0.2, 0) is 19.3 Å². The van der Waals surface area contributed by atoms with Gasteiger partial charge in [0.1, 0.15) is 0 Å². The third-order valence-electron chi connectivity index (χ3n) is 2.71. The maximum absolute atomic E-state index is 11.8. The van der Waals surface area contributed by atoms with Gasteiger partial charge in [-0.2, -0.15) is 0 Å². The number of ether oxygens (including phenoxy) is 1. The van der Waals surface area contributed by atoms with Gasteiger partial charge in [-0.15, -0.1) is 0 Å². The Kier molecular flexibility index (Phi) is 3.92. The van der Waals surface area contributed by atoms with Gasteiger partial charge in [-0.3, -0.25) is 4.79 Å². The highest BCUT2D eigenvalue weighted by Crippen LogP contribution is 2.23. The van der Waals surface area contributed by atoms with Crippen molar-refractivity contribution in [3.05, 3.63) is 0 Å². The van der Waals surface area contributed by atoms with E-state index in [2.05, 4.69) is 9.10 Å². The van der Waals surface area contributed by atoms with Crippen molar-refractivity contribution in [2.24, 2.45) is 10.3 Å². The van der Waals surface area contributed by atoms with Crippen molar-refractivity contribution in [3.63, 3.8) is 0 Å². The van der Waals surface area contributed by atoms with E-state index in [0.29, 0.717) is 23.8 Å². The fourth-order valence-corrected chi connectivity index (χ4v) is 3.63. The first-order valence-corrected chi connectivity index (χ1v) is 6.62. The van der Waals surface area contributed by atoms with Crippen molar-refractivity contribution in [2.45, 2.75) is 19.3 Å². The Labute approximate surface area is 85.2 Å². The van der Waals surface area contributed by atoms with Crippen LogP contribution in [0.1, 0.15) is 19.3 Å². The van der Waals surface area contributed by atoms with Crippen LogP contribution in [0.5, 0.6) is 0 Å². The Morgan fingerprint density at radius 1 is 1.50 bits per heavy atom. The summed E-state index contributed by atoms with van der Waals surface area (Å²) in [4.78, 5) is 11.0. The van der Waals surface area contributed by atoms with E-state index in [-0.39, 0.29) is 5.97 Å². The van der Waals surface area contributed by atoms with Crippen molar-refractivity contribution in [2.75, 3.05) is 25.7 Å². The third-order valence-corrected chi connectivity index (χ3v) is 5.12. The first kappa shape index (κ1) is 11.5. The molecule has 1 saturated heterocycles. The monoisotopic (exact) mass is 219 g/mol. The zero-order chi connectivity index (χ0) is 10.6. The molecule has 82 valence electrons. The van der Waals surface area contributed by atoms with Crippen LogP contribution in [0.4, 0.5) is 0 Å². The molecule has 1 heterocycles. The summed E-state index contributed by atoms with van der Waals surface area (Å²) >= 11 is 0. The molecule has 14 heavy (non-hydrogen) atoms. The highest BCUT2D eigenvalue weighted by atomic mass is 32.2. The van der Waals surface area contributed by atoms with Crippen molar-refractivity contribution in [1.82, 2.24) is 0 Å². The normalized spacial score (nSPS) is 32.3. The van der Waals surface area contributed by atoms with E-state index in [0.717, 1.165) is 12.8 Å². The lowest BCUT2D eigenvalue weighted by atomic mass is 9.99. The fourth-order valence-electron chi connectivity index (χ4n) is 1.65. The van der Waals surface area contributed by atoms with Crippen LogP contribution in [-0.4, -0.2) is 35.8 Å². The Morgan fingerprint density at radius 3 is 2.50 bits per heavy atom. The number of hydrogen-bond donors (Lipinski definition) is 0. The standard InChI is InChI=1S/C9H17NO3S/c1-10-14(12)5-3-8(4-6-14)7-9(11)13-2/h8H,3-7H2,1-2H3/t8-,14-. The Morgan fingerprint density at radius 2 is 2.07 bits per heavy atom. The number of carbonyl (C=O) groups is 1. The number of hydrogen-bond acceptors (Lipinski definition) is 4. The average molecular weight is 219 g/mol. The second-order valence-electron chi connectivity index (χ2n) is 3.59. The minimum atomic E-state index is -1.93. The summed E-state index contributed by atoms with van der Waals surface area (Å²) in [5.41, 5.74) is 0. The van der Waals surface area contributed by atoms with Crippen LogP contribution in [0.3, 0.4) is 0 Å². The lowest BCUT2D eigenvalue weighted by Gasteiger charge is -2.23. The second-order valence-corrected chi connectivity index (χ2v) is 6.31. The van der Waals surface area contributed by atoms with Gasteiger partial charge < -0.3 is 4.74 Å². The molecule has 1 rings (SSSR count). The third kappa shape index (κ3) is 2.97. The summed E-state index contributed by atoms with van der Waals surface area (Å²) < 4.78 is 20.3. The molecule has 0 amide bonds. The molecule has 0 radical (unpaired) electrons. The Hall–Kier alpha value is -0.580. The van der Waals surface area contributed by atoms with Crippen LogP contribution in [0.2, 0.25) is 0 Å². The average Bonchev–Trinajstić information content (AvgIpc) is 2.21. The molecule has 0 atom stereocenters. The van der Waals surface area contributed by atoms with E-state index in [1.54, 1.807) is 7.05 Å². The molecule has 0 bridgehead atoms. The van der Waals surface area contributed by atoms with E-state index in [4.69, 9.17) is 0 Å². The van der Waals surface area contributed by atoms with E-state index < -0.39 is 9.73 Å². The quantitative estimate of drug-likeness (QED) is 0.652. The van der Waals surface area contributed by atoms with Gasteiger partial charge in [0.05, 0.1) is 7.11 Å². The molecular weight excluding hydrogens is 202 g/mol. The minimum absolute atomic E-state index is 0.170. The predicted octanol–water partition coefficient (Wildman–Crippen LogP) is 1.06. The number of carbonyl (C=O) groups excluding carboxylic acids is 1. The highest BCUT2D eigenvalue weighted by Gasteiger charge is 2.23. The molecule has 1 aliphatic rings. The minimum Gasteiger partial charge on any atom is -0.469 e. The Balaban J connectivity index is 2.44. The van der Waals surface area contributed by atoms with Crippen LogP contribution in [0.15, 0.2) is 4.36 Å². The molecule has 0 N–H and O–H groups in total. The Bertz CT molecular complexity index is 304. The summed E-state index contributed by atoms with van der Waals surface area (Å²) in [6.07, 6.45) is 2.10. The fraction of sp³-hybridized carbons (Fsp3) is 0.889. The molecule has 1 fully saturated rings. The molecule has 4 nitrogen and oxygen atoms in total. The predicted molar refractivity (Wildman–Crippen MR) is 55.6 cm³/mol. The number of esters is 1. The number of rotatable bonds is 2. The van der Waals surface area contributed by atoms with E-state index in [9.17, 15) is 9.00 Å². The maximum atomic E-state index is 11.8. The second kappa shape index (κ2) is 4.77. The zero-order valence-electron chi connectivity index (χ0n) is 8.69. The van der Waals surface area contributed by atoms with Gasteiger partial charge in [-0.1, -0.05) is 0 Å². The smallest absolute Gasteiger partial charge is 0.305 e. The van der Waals surface area contributed by atoms with Gasteiger partial charge in [-0.25, -0.2) is 8.57 Å². The largest absolute Gasteiger partial charge is 0.469 e. The topological polar surface area (TPSA) is 55.7 Å². The highest BCUT2D eigenvalue weighted by molar-refractivity contribution is 7.93. The van der Waals surface area contributed by atoms with Gasteiger partial charge in [0.15, 0.2) is 0 Å². The van der Waals surface area contributed by atoms with Gasteiger partial charge >= 0.3 is 5.97 Å². The maximum Gasteiger partial charge on any atom is 0.305 e. The molecule has 0 spiro atoms. The first-order chi connectivity index (χ1) is 6.59. The van der Waals surface area contributed by atoms with Gasteiger partial charge in [0.2, 0.25) is 0 Å². The molecular formula is C9H17NO3S. The number of nitrogens with zero attached hydrogens (tertiary/aromatic N) is 1. The molecule has 0 aliphatic carbocycles. The molecule has 5 heteroatoms. The molecule has 0 aromatic carbocycles. The SMILES string of the molecule is CN=[S@]1(=O)CC[C@H](CC(=O)OC)CC1. The van der Waals surface area contributed by atoms with Crippen molar-refractivity contribution >= 4 is 15.7 Å². The lowest BCUT2D eigenvalue weighted by molar-refractivity contribution is -0.141. The summed E-state index contributed by atoms with van der Waals surface area (Å²) in [6.45, 7) is 0. The van der Waals surface area contributed by atoms with E-state index in [1.165, 1.54) is 7.11 Å². The molecule has 0 saturated carbocycles. The van der Waals surface area contributed by atoms with Crippen LogP contribution in [0.25, 0.3) is 0 Å². The summed E-state index contributed by atoms with van der Waals surface area (Å²) in [6, 6.07) is 0. The molecule has 0 aromatic rings. The summed E-state index contributed by atoms with van der Waals surface area (Å²) in [5, 5.41) is 0. The van der Waals surface area contributed by atoms with Gasteiger partial charge in [0, 0.05) is 34.7 Å². The van der Waals surface area contributed by atoms with Crippen LogP contribution in [0, 0.1) is 5.92 Å². The summed E-state index contributed by atoms with van der Waals surface area (Å²) in [5.74, 6) is 1.42. The van der Waals surface area contributed by atoms with Crippen molar-refractivity contribution in [3.8, 4) is 0 Å². The molecule has 1 aliphatic heterocycles. The lowest BCUT2D eigenvalue weighted by Crippen LogP contribution is -2.25. The van der Waals surface area contributed by atoms with Crippen LogP contribution < -0.4 is 0 Å². The summed E-state index contributed by atoms with van der Waals surface area (Å²) in [7, 11) is 1.08.